The molecule has 3 rings (SSSR count). The molecule has 0 amide bonds. The average Bonchev–Trinajstić information content (AvgIpc) is 3.05. The highest BCUT2D eigenvalue weighted by Crippen LogP contribution is 2.18. The molecule has 134 valence electrons. The number of aromatic nitrogens is 1. The molecule has 0 fully saturated rings. The number of rotatable bonds is 6. The summed E-state index contributed by atoms with van der Waals surface area (Å²) in [5, 5.41) is 3.71. The van der Waals surface area contributed by atoms with Crippen LogP contribution >= 0.6 is 0 Å². The Hall–Kier alpha value is -3.13. The maximum atomic E-state index is 12.3. The van der Waals surface area contributed by atoms with Gasteiger partial charge in [0.15, 0.2) is 12.4 Å². The summed E-state index contributed by atoms with van der Waals surface area (Å²) in [4.78, 5) is 12.3. The maximum Gasteiger partial charge on any atom is 0.338 e. The van der Waals surface area contributed by atoms with Gasteiger partial charge in [0.05, 0.1) is 16.2 Å². The van der Waals surface area contributed by atoms with Crippen molar-refractivity contribution in [3.63, 3.8) is 0 Å². The number of aryl methyl sites for hydroxylation is 1. The Morgan fingerprint density at radius 2 is 1.88 bits per heavy atom. The number of hydrogen-bond acceptors (Lipinski definition) is 6. The number of carbonyl (C=O) groups excluding carboxylic acids is 1. The van der Waals surface area contributed by atoms with Gasteiger partial charge in [0.2, 0.25) is 0 Å². The number of anilines is 1. The lowest BCUT2D eigenvalue weighted by atomic mass is 10.2. The highest BCUT2D eigenvalue weighted by molar-refractivity contribution is 7.92. The number of hydrogen-bond donors (Lipinski definition) is 1. The van der Waals surface area contributed by atoms with Crippen molar-refractivity contribution in [1.82, 2.24) is 5.16 Å². The largest absolute Gasteiger partial charge is 0.454 e. The van der Waals surface area contributed by atoms with Gasteiger partial charge in [-0.2, -0.15) is 0 Å². The molecule has 8 heteroatoms. The number of nitrogens with zero attached hydrogens (tertiary/aromatic N) is 1. The SMILES string of the molecule is Cc1cc(COC(=O)c2cccc(NS(=O)(=O)c3ccccc3)c2)on1. The van der Waals surface area contributed by atoms with Crippen molar-refractivity contribution in [1.29, 1.82) is 0 Å². The molecule has 0 aliphatic heterocycles. The summed E-state index contributed by atoms with van der Waals surface area (Å²) in [5.41, 5.74) is 1.17. The Kier molecular flexibility index (Phi) is 5.04. The highest BCUT2D eigenvalue weighted by Gasteiger charge is 2.15. The van der Waals surface area contributed by atoms with Crippen LogP contribution in [-0.4, -0.2) is 19.5 Å². The quantitative estimate of drug-likeness (QED) is 0.668. The number of benzene rings is 2. The lowest BCUT2D eigenvalue weighted by Gasteiger charge is -2.09. The molecule has 0 unspecified atom stereocenters. The van der Waals surface area contributed by atoms with Gasteiger partial charge in [-0.3, -0.25) is 4.72 Å². The fourth-order valence-electron chi connectivity index (χ4n) is 2.23. The second kappa shape index (κ2) is 7.40. The van der Waals surface area contributed by atoms with Crippen LogP contribution in [0.3, 0.4) is 0 Å². The predicted octanol–water partition coefficient (Wildman–Crippen LogP) is 3.14. The van der Waals surface area contributed by atoms with Crippen LogP contribution in [0.5, 0.6) is 0 Å². The van der Waals surface area contributed by atoms with Gasteiger partial charge in [-0.15, -0.1) is 0 Å². The third kappa shape index (κ3) is 4.28. The summed E-state index contributed by atoms with van der Waals surface area (Å²) in [7, 11) is -3.73. The lowest BCUT2D eigenvalue weighted by molar-refractivity contribution is 0.0437. The molecule has 0 radical (unpaired) electrons. The van der Waals surface area contributed by atoms with Gasteiger partial charge in [0.1, 0.15) is 0 Å². The van der Waals surface area contributed by atoms with E-state index in [0.29, 0.717) is 11.5 Å². The first-order valence-corrected chi connectivity index (χ1v) is 9.19. The first kappa shape index (κ1) is 17.7. The van der Waals surface area contributed by atoms with Crippen LogP contribution in [-0.2, 0) is 21.4 Å². The van der Waals surface area contributed by atoms with Gasteiger partial charge in [-0.1, -0.05) is 29.4 Å². The standard InChI is InChI=1S/C18H16N2O5S/c1-13-10-16(25-19-13)12-24-18(21)14-6-5-7-15(11-14)20-26(22,23)17-8-3-2-4-9-17/h2-11,20H,12H2,1H3. The normalized spacial score (nSPS) is 11.1. The number of sulfonamides is 1. The second-order valence-electron chi connectivity index (χ2n) is 5.51. The van der Waals surface area contributed by atoms with Crippen LogP contribution in [0.15, 0.2) is 70.1 Å². The van der Waals surface area contributed by atoms with Crippen molar-refractivity contribution in [3.8, 4) is 0 Å². The smallest absolute Gasteiger partial charge is 0.338 e. The maximum absolute atomic E-state index is 12.3. The van der Waals surface area contributed by atoms with E-state index in [2.05, 4.69) is 9.88 Å². The van der Waals surface area contributed by atoms with Crippen molar-refractivity contribution in [2.24, 2.45) is 0 Å². The molecule has 0 aliphatic carbocycles. The van der Waals surface area contributed by atoms with Gasteiger partial charge in [0.25, 0.3) is 10.0 Å². The third-order valence-corrected chi connectivity index (χ3v) is 4.82. The number of esters is 1. The summed E-state index contributed by atoms with van der Waals surface area (Å²) in [6.07, 6.45) is 0. The molecule has 1 heterocycles. The van der Waals surface area contributed by atoms with E-state index in [4.69, 9.17) is 9.26 Å². The van der Waals surface area contributed by atoms with Gasteiger partial charge >= 0.3 is 5.97 Å². The molecular weight excluding hydrogens is 356 g/mol. The third-order valence-electron chi connectivity index (χ3n) is 3.43. The van der Waals surface area contributed by atoms with Gasteiger partial charge < -0.3 is 9.26 Å². The van der Waals surface area contributed by atoms with E-state index in [9.17, 15) is 13.2 Å². The van der Waals surface area contributed by atoms with Crippen LogP contribution < -0.4 is 4.72 Å². The Morgan fingerprint density at radius 1 is 1.12 bits per heavy atom. The van der Waals surface area contributed by atoms with Crippen molar-refractivity contribution in [2.45, 2.75) is 18.4 Å². The number of ether oxygens (including phenoxy) is 1. The first-order valence-electron chi connectivity index (χ1n) is 7.71. The molecule has 0 aliphatic rings. The second-order valence-corrected chi connectivity index (χ2v) is 7.19. The minimum absolute atomic E-state index is 0.0559. The molecule has 0 bridgehead atoms. The highest BCUT2D eigenvalue weighted by atomic mass is 32.2. The van der Waals surface area contributed by atoms with Crippen LogP contribution in [0.1, 0.15) is 21.8 Å². The Balaban J connectivity index is 1.70. The molecule has 26 heavy (non-hydrogen) atoms. The van der Waals surface area contributed by atoms with Crippen LogP contribution in [0.25, 0.3) is 0 Å². The molecule has 0 spiro atoms. The predicted molar refractivity (Wildman–Crippen MR) is 94.1 cm³/mol. The van der Waals surface area contributed by atoms with Crippen LogP contribution in [0, 0.1) is 6.92 Å². The van der Waals surface area contributed by atoms with Gasteiger partial charge in [0, 0.05) is 11.8 Å². The molecule has 3 aromatic rings. The molecule has 7 nitrogen and oxygen atoms in total. The van der Waals surface area contributed by atoms with E-state index in [1.165, 1.54) is 24.3 Å². The van der Waals surface area contributed by atoms with E-state index in [-0.39, 0.29) is 22.8 Å². The molecule has 1 aromatic heterocycles. The lowest BCUT2D eigenvalue weighted by Crippen LogP contribution is -2.13. The van der Waals surface area contributed by atoms with E-state index in [0.717, 1.165) is 0 Å². The molecular formula is C18H16N2O5S. The summed E-state index contributed by atoms with van der Waals surface area (Å²) in [6.45, 7) is 1.71. The first-order chi connectivity index (χ1) is 12.4. The Labute approximate surface area is 150 Å². The summed E-state index contributed by atoms with van der Waals surface area (Å²) >= 11 is 0. The van der Waals surface area contributed by atoms with Crippen molar-refractivity contribution < 1.29 is 22.5 Å². The van der Waals surface area contributed by atoms with Gasteiger partial charge in [-0.05, 0) is 37.3 Å². The summed E-state index contributed by atoms with van der Waals surface area (Å²) in [5.74, 6) is -0.170. The van der Waals surface area contributed by atoms with Gasteiger partial charge in [-0.25, -0.2) is 13.2 Å². The molecule has 0 saturated heterocycles. The van der Waals surface area contributed by atoms with Crippen LogP contribution in [0.2, 0.25) is 0 Å². The van der Waals surface area contributed by atoms with Crippen molar-refractivity contribution >= 4 is 21.7 Å². The summed E-state index contributed by atoms with van der Waals surface area (Å²) in [6, 6.07) is 15.7. The average molecular weight is 372 g/mol. The van der Waals surface area contributed by atoms with E-state index < -0.39 is 16.0 Å². The number of nitrogens with one attached hydrogen (secondary N) is 1. The Morgan fingerprint density at radius 3 is 2.58 bits per heavy atom. The van der Waals surface area contributed by atoms with E-state index in [1.807, 2.05) is 0 Å². The topological polar surface area (TPSA) is 98.5 Å². The zero-order chi connectivity index (χ0) is 18.6. The summed E-state index contributed by atoms with van der Waals surface area (Å²) < 4.78 is 37.3. The van der Waals surface area contributed by atoms with E-state index >= 15 is 0 Å². The zero-order valence-electron chi connectivity index (χ0n) is 13.9. The van der Waals surface area contributed by atoms with Crippen molar-refractivity contribution in [3.05, 3.63) is 77.7 Å². The van der Waals surface area contributed by atoms with Crippen molar-refractivity contribution in [2.75, 3.05) is 4.72 Å². The fraction of sp³-hybridized carbons (Fsp3) is 0.111. The zero-order valence-corrected chi connectivity index (χ0v) is 14.7. The molecule has 2 aromatic carbocycles. The fourth-order valence-corrected chi connectivity index (χ4v) is 3.30. The Bertz CT molecular complexity index is 1010. The van der Waals surface area contributed by atoms with Crippen LogP contribution in [0.4, 0.5) is 5.69 Å². The van der Waals surface area contributed by atoms with E-state index in [1.54, 1.807) is 43.3 Å². The minimum Gasteiger partial charge on any atom is -0.454 e. The monoisotopic (exact) mass is 372 g/mol. The molecule has 0 atom stereocenters. The molecule has 0 saturated carbocycles. The molecule has 1 N–H and O–H groups in total. The number of carbonyl (C=O) groups is 1. The minimum atomic E-state index is -3.73.